The molecule has 5 nitrogen and oxygen atoms in total. The lowest BCUT2D eigenvalue weighted by atomic mass is 9.99. The van der Waals surface area contributed by atoms with Gasteiger partial charge in [0.05, 0.1) is 12.5 Å². The molecule has 2 aromatic rings. The molecule has 0 fully saturated rings. The third-order valence-corrected chi connectivity index (χ3v) is 3.73. The fourth-order valence-electron chi connectivity index (χ4n) is 2.35. The second-order valence-electron chi connectivity index (χ2n) is 5.36. The maximum absolute atomic E-state index is 12.0. The van der Waals surface area contributed by atoms with Crippen LogP contribution in [0.2, 0.25) is 5.02 Å². The highest BCUT2D eigenvalue weighted by Crippen LogP contribution is 2.24. The molecule has 0 saturated carbocycles. The summed E-state index contributed by atoms with van der Waals surface area (Å²) < 4.78 is 5.16. The third kappa shape index (κ3) is 5.28. The van der Waals surface area contributed by atoms with E-state index in [0.717, 1.165) is 11.1 Å². The summed E-state index contributed by atoms with van der Waals surface area (Å²) in [7, 11) is 0. The van der Waals surface area contributed by atoms with Crippen LogP contribution in [0.15, 0.2) is 48.5 Å². The lowest BCUT2D eigenvalue weighted by molar-refractivity contribution is -0.137. The first kappa shape index (κ1) is 17.8. The molecule has 126 valence electrons. The molecule has 6 heteroatoms. The van der Waals surface area contributed by atoms with Crippen LogP contribution in [0, 0.1) is 6.92 Å². The minimum atomic E-state index is -1.02. The van der Waals surface area contributed by atoms with Crippen LogP contribution in [0.4, 0.5) is 4.79 Å². The van der Waals surface area contributed by atoms with Crippen molar-refractivity contribution in [2.45, 2.75) is 26.0 Å². The van der Waals surface area contributed by atoms with Crippen LogP contribution in [-0.4, -0.2) is 17.2 Å². The molecule has 0 aliphatic rings. The van der Waals surface area contributed by atoms with Gasteiger partial charge in [0.2, 0.25) is 0 Å². The number of hydrogen-bond acceptors (Lipinski definition) is 3. The molecule has 0 aliphatic heterocycles. The van der Waals surface area contributed by atoms with Crippen LogP contribution in [0.25, 0.3) is 0 Å². The molecular weight excluding hydrogens is 330 g/mol. The average Bonchev–Trinajstić information content (AvgIpc) is 2.53. The van der Waals surface area contributed by atoms with Gasteiger partial charge >= 0.3 is 12.1 Å². The molecule has 0 aliphatic carbocycles. The number of benzene rings is 2. The Hall–Kier alpha value is -2.53. The van der Waals surface area contributed by atoms with E-state index in [0.29, 0.717) is 10.6 Å². The van der Waals surface area contributed by atoms with Crippen molar-refractivity contribution in [3.8, 4) is 0 Å². The van der Waals surface area contributed by atoms with Crippen LogP contribution in [0.5, 0.6) is 0 Å². The van der Waals surface area contributed by atoms with Crippen molar-refractivity contribution in [3.63, 3.8) is 0 Å². The molecule has 1 atom stereocenters. The van der Waals surface area contributed by atoms with E-state index in [4.69, 9.17) is 21.4 Å². The number of aliphatic carboxylic acids is 1. The topological polar surface area (TPSA) is 75.6 Å². The predicted octanol–water partition coefficient (Wildman–Crippen LogP) is 4.09. The van der Waals surface area contributed by atoms with Gasteiger partial charge in [0.25, 0.3) is 0 Å². The van der Waals surface area contributed by atoms with Gasteiger partial charge in [0.15, 0.2) is 0 Å². The van der Waals surface area contributed by atoms with Gasteiger partial charge < -0.3 is 15.2 Å². The maximum atomic E-state index is 12.0. The SMILES string of the molecule is Cc1cc(Cl)ccc1[C@@H](CC(=O)O)NC(=O)OCc1ccccc1. The minimum Gasteiger partial charge on any atom is -0.481 e. The number of aryl methyl sites for hydroxylation is 1. The van der Waals surface area contributed by atoms with Crippen molar-refractivity contribution in [3.05, 3.63) is 70.2 Å². The Labute approximate surface area is 145 Å². The zero-order valence-corrected chi connectivity index (χ0v) is 13.9. The molecule has 0 saturated heterocycles. The smallest absolute Gasteiger partial charge is 0.407 e. The largest absolute Gasteiger partial charge is 0.481 e. The summed E-state index contributed by atoms with van der Waals surface area (Å²) >= 11 is 5.92. The van der Waals surface area contributed by atoms with Crippen LogP contribution in [0.3, 0.4) is 0 Å². The highest BCUT2D eigenvalue weighted by Gasteiger charge is 2.20. The molecule has 2 N–H and O–H groups in total. The Balaban J connectivity index is 2.05. The zero-order valence-electron chi connectivity index (χ0n) is 13.2. The first-order valence-electron chi connectivity index (χ1n) is 7.41. The number of hydrogen-bond donors (Lipinski definition) is 2. The lowest BCUT2D eigenvalue weighted by Gasteiger charge is -2.19. The number of nitrogens with one attached hydrogen (secondary N) is 1. The second-order valence-corrected chi connectivity index (χ2v) is 5.79. The summed E-state index contributed by atoms with van der Waals surface area (Å²) in [6.45, 7) is 1.93. The third-order valence-electron chi connectivity index (χ3n) is 3.49. The predicted molar refractivity (Wildman–Crippen MR) is 90.9 cm³/mol. The van der Waals surface area contributed by atoms with E-state index in [9.17, 15) is 9.59 Å². The fourth-order valence-corrected chi connectivity index (χ4v) is 2.58. The van der Waals surface area contributed by atoms with E-state index >= 15 is 0 Å². The lowest BCUT2D eigenvalue weighted by Crippen LogP contribution is -2.31. The molecule has 0 heterocycles. The fraction of sp³-hybridized carbons (Fsp3) is 0.222. The summed E-state index contributed by atoms with van der Waals surface area (Å²) in [5, 5.41) is 12.3. The summed E-state index contributed by atoms with van der Waals surface area (Å²) in [6.07, 6.45) is -0.914. The molecular formula is C18H18ClNO4. The molecule has 24 heavy (non-hydrogen) atoms. The van der Waals surface area contributed by atoms with E-state index in [-0.39, 0.29) is 13.0 Å². The highest BCUT2D eigenvalue weighted by atomic mass is 35.5. The molecule has 0 bridgehead atoms. The van der Waals surface area contributed by atoms with Gasteiger partial charge in [-0.3, -0.25) is 4.79 Å². The Bertz CT molecular complexity index is 718. The number of carboxylic acids is 1. The van der Waals surface area contributed by atoms with Crippen molar-refractivity contribution in [2.75, 3.05) is 0 Å². The molecule has 1 amide bonds. The van der Waals surface area contributed by atoms with Gasteiger partial charge in [-0.05, 0) is 35.7 Å². The molecule has 2 rings (SSSR count). The molecule has 0 aromatic heterocycles. The van der Waals surface area contributed by atoms with E-state index < -0.39 is 18.1 Å². The van der Waals surface area contributed by atoms with Crippen molar-refractivity contribution >= 4 is 23.7 Å². The van der Waals surface area contributed by atoms with E-state index in [1.807, 2.05) is 37.3 Å². The number of carboxylic acid groups (broad SMARTS) is 1. The Morgan fingerprint density at radius 3 is 2.54 bits per heavy atom. The van der Waals surface area contributed by atoms with Gasteiger partial charge in [0, 0.05) is 5.02 Å². The van der Waals surface area contributed by atoms with Crippen LogP contribution < -0.4 is 5.32 Å². The number of amides is 1. The van der Waals surface area contributed by atoms with Crippen molar-refractivity contribution < 1.29 is 19.4 Å². The Morgan fingerprint density at radius 2 is 1.92 bits per heavy atom. The van der Waals surface area contributed by atoms with Gasteiger partial charge in [-0.1, -0.05) is 48.0 Å². The molecule has 2 aromatic carbocycles. The monoisotopic (exact) mass is 347 g/mol. The van der Waals surface area contributed by atoms with E-state index in [2.05, 4.69) is 5.32 Å². The minimum absolute atomic E-state index is 0.117. The van der Waals surface area contributed by atoms with Crippen molar-refractivity contribution in [2.24, 2.45) is 0 Å². The zero-order chi connectivity index (χ0) is 17.5. The van der Waals surface area contributed by atoms with E-state index in [1.54, 1.807) is 18.2 Å². The second kappa shape index (κ2) is 8.36. The quantitative estimate of drug-likeness (QED) is 0.825. The Morgan fingerprint density at radius 1 is 1.21 bits per heavy atom. The normalized spacial score (nSPS) is 11.6. The number of alkyl carbamates (subject to hydrolysis) is 1. The molecule has 0 spiro atoms. The number of carbonyl (C=O) groups is 2. The summed E-state index contributed by atoms with van der Waals surface area (Å²) in [4.78, 5) is 23.1. The Kier molecular flexibility index (Phi) is 6.21. The van der Waals surface area contributed by atoms with E-state index in [1.165, 1.54) is 0 Å². The highest BCUT2D eigenvalue weighted by molar-refractivity contribution is 6.30. The van der Waals surface area contributed by atoms with Gasteiger partial charge in [-0.15, -0.1) is 0 Å². The first-order chi connectivity index (χ1) is 11.5. The first-order valence-corrected chi connectivity index (χ1v) is 7.78. The standard InChI is InChI=1S/C18H18ClNO4/c1-12-9-14(19)7-8-15(12)16(10-17(21)22)20-18(23)24-11-13-5-3-2-4-6-13/h2-9,16H,10-11H2,1H3,(H,20,23)(H,21,22)/t16-/m1/s1. The van der Waals surface area contributed by atoms with Gasteiger partial charge in [-0.2, -0.15) is 0 Å². The number of rotatable bonds is 6. The maximum Gasteiger partial charge on any atom is 0.407 e. The van der Waals surface area contributed by atoms with Crippen LogP contribution in [-0.2, 0) is 16.1 Å². The summed E-state index contributed by atoms with van der Waals surface area (Å²) in [5.41, 5.74) is 2.35. The van der Waals surface area contributed by atoms with Crippen molar-refractivity contribution in [1.82, 2.24) is 5.32 Å². The number of ether oxygens (including phenoxy) is 1. The molecule has 0 radical (unpaired) electrons. The van der Waals surface area contributed by atoms with Crippen LogP contribution >= 0.6 is 11.6 Å². The van der Waals surface area contributed by atoms with Crippen molar-refractivity contribution in [1.29, 1.82) is 0 Å². The van der Waals surface area contributed by atoms with Gasteiger partial charge in [-0.25, -0.2) is 4.79 Å². The number of halogens is 1. The number of carbonyl (C=O) groups excluding carboxylic acids is 1. The molecule has 0 unspecified atom stereocenters. The van der Waals surface area contributed by atoms with Crippen LogP contribution in [0.1, 0.15) is 29.2 Å². The average molecular weight is 348 g/mol. The summed E-state index contributed by atoms with van der Waals surface area (Å²) in [6, 6.07) is 13.7. The van der Waals surface area contributed by atoms with Gasteiger partial charge in [0.1, 0.15) is 6.61 Å². The summed E-state index contributed by atoms with van der Waals surface area (Å²) in [5.74, 6) is -1.02.